The predicted molar refractivity (Wildman–Crippen MR) is 242 cm³/mol. The van der Waals surface area contributed by atoms with Crippen molar-refractivity contribution < 1.29 is 46.5 Å². The highest BCUT2D eigenvalue weighted by Gasteiger charge is 2.70. The first-order valence-corrected chi connectivity index (χ1v) is 30.0. The number of benzene rings is 3. The van der Waals surface area contributed by atoms with Crippen LogP contribution < -0.4 is 9.47 Å². The van der Waals surface area contributed by atoms with Crippen molar-refractivity contribution in [2.75, 3.05) is 13.2 Å². The first kappa shape index (κ1) is 46.5. The average Bonchev–Trinajstić information content (AvgIpc) is 3.57. The first-order valence-electron chi connectivity index (χ1n) is 21.9. The van der Waals surface area contributed by atoms with Gasteiger partial charge in [0.1, 0.15) is 43.0 Å². The molecule has 1 spiro atoms. The van der Waals surface area contributed by atoms with Crippen LogP contribution in [-0.4, -0.2) is 68.7 Å². The summed E-state index contributed by atoms with van der Waals surface area (Å²) in [7, 11) is -7.05. The first-order chi connectivity index (χ1) is 28.3. The monoisotopic (exact) mass is 878 g/mol. The zero-order valence-electron chi connectivity index (χ0n) is 38.2. The zero-order valence-corrected chi connectivity index (χ0v) is 41.2. The SMILES string of the molecule is CC[Si](CC)(CC)O[C@H]1[C@@H]2O[Si](C(C)(C)C)(C(C)(C)C)OC[C@H]2O[C@]2(OCc3cc(OCc4ccccc4)cc(OCc4ccccc4)c32)[C@@H]1OC(=O)OCC[Si](C)(C)C. The Hall–Kier alpha value is -3.02. The van der Waals surface area contributed by atoms with Gasteiger partial charge in [-0.15, -0.1) is 0 Å². The molecule has 0 unspecified atom stereocenters. The molecule has 5 atom stereocenters. The van der Waals surface area contributed by atoms with E-state index in [0.717, 1.165) is 40.9 Å². The number of ether oxygens (including phenoxy) is 6. The molecule has 0 amide bonds. The molecule has 0 saturated carbocycles. The molecule has 2 saturated heterocycles. The number of hydrogen-bond acceptors (Lipinski definition) is 10. The van der Waals surface area contributed by atoms with Crippen molar-refractivity contribution in [2.24, 2.45) is 0 Å². The number of carbonyl (C=O) groups is 1. The second-order valence-corrected chi connectivity index (χ2v) is 35.0. The van der Waals surface area contributed by atoms with Crippen LogP contribution in [0.5, 0.6) is 11.5 Å². The lowest BCUT2D eigenvalue weighted by Gasteiger charge is -2.60. The molecule has 0 aromatic heterocycles. The van der Waals surface area contributed by atoms with Crippen LogP contribution in [0.4, 0.5) is 4.79 Å². The van der Waals surface area contributed by atoms with Gasteiger partial charge in [-0.25, -0.2) is 4.79 Å². The minimum Gasteiger partial charge on any atom is -0.489 e. The van der Waals surface area contributed by atoms with Crippen molar-refractivity contribution in [2.45, 2.75) is 166 Å². The summed E-state index contributed by atoms with van der Waals surface area (Å²) >= 11 is 0. The fourth-order valence-electron chi connectivity index (χ4n) is 9.11. The number of fused-ring (bicyclic) bond motifs is 3. The van der Waals surface area contributed by atoms with Crippen molar-refractivity contribution >= 4 is 31.1 Å². The molecule has 13 heteroatoms. The minimum atomic E-state index is -3.08. The lowest BCUT2D eigenvalue weighted by molar-refractivity contribution is -0.371. The van der Waals surface area contributed by atoms with Crippen LogP contribution in [0.15, 0.2) is 72.8 Å². The Morgan fingerprint density at radius 3 is 1.97 bits per heavy atom. The third kappa shape index (κ3) is 9.78. The molecule has 2 fully saturated rings. The molecule has 0 radical (unpaired) electrons. The second kappa shape index (κ2) is 18.4. The van der Waals surface area contributed by atoms with Crippen LogP contribution in [0.2, 0.25) is 53.9 Å². The highest BCUT2D eigenvalue weighted by atomic mass is 28.4. The van der Waals surface area contributed by atoms with Gasteiger partial charge in [-0.1, -0.05) is 143 Å². The summed E-state index contributed by atoms with van der Waals surface area (Å²) in [6.45, 7) is 27.9. The average molecular weight is 879 g/mol. The van der Waals surface area contributed by atoms with E-state index in [1.54, 1.807) is 0 Å². The van der Waals surface area contributed by atoms with Gasteiger partial charge in [0.2, 0.25) is 5.79 Å². The number of hydrogen-bond donors (Lipinski definition) is 0. The highest BCUT2D eigenvalue weighted by molar-refractivity contribution is 6.76. The molecular formula is C47H70O10Si3. The molecule has 3 aliphatic rings. The third-order valence-electron chi connectivity index (χ3n) is 12.5. The quantitative estimate of drug-likeness (QED) is 0.108. The lowest BCUT2D eigenvalue weighted by Crippen LogP contribution is -2.74. The van der Waals surface area contributed by atoms with Crippen molar-refractivity contribution in [3.63, 3.8) is 0 Å². The molecular weight excluding hydrogens is 809 g/mol. The summed E-state index contributed by atoms with van der Waals surface area (Å²) in [6.07, 6.45) is -3.94. The van der Waals surface area contributed by atoms with E-state index in [9.17, 15) is 4.79 Å². The van der Waals surface area contributed by atoms with Gasteiger partial charge >= 0.3 is 14.7 Å². The summed E-state index contributed by atoms with van der Waals surface area (Å²) < 4.78 is 62.2. The van der Waals surface area contributed by atoms with E-state index in [-0.39, 0.29) is 36.5 Å². The molecule has 10 nitrogen and oxygen atoms in total. The van der Waals surface area contributed by atoms with Crippen LogP contribution >= 0.6 is 0 Å². The van der Waals surface area contributed by atoms with Gasteiger partial charge < -0.3 is 41.7 Å². The fourth-order valence-corrected chi connectivity index (χ4v) is 17.6. The Morgan fingerprint density at radius 2 is 1.42 bits per heavy atom. The van der Waals surface area contributed by atoms with Crippen LogP contribution in [-0.2, 0) is 57.8 Å². The Morgan fingerprint density at radius 1 is 0.833 bits per heavy atom. The fraction of sp³-hybridized carbons (Fsp3) is 0.596. The maximum atomic E-state index is 14.2. The Balaban J connectivity index is 1.51. The van der Waals surface area contributed by atoms with Crippen LogP contribution in [0, 0.1) is 0 Å². The van der Waals surface area contributed by atoms with E-state index < -0.39 is 61.3 Å². The van der Waals surface area contributed by atoms with E-state index in [1.807, 2.05) is 72.8 Å². The van der Waals surface area contributed by atoms with Gasteiger partial charge in [0, 0.05) is 24.2 Å². The summed E-state index contributed by atoms with van der Waals surface area (Å²) in [5.74, 6) is -0.530. The van der Waals surface area contributed by atoms with Gasteiger partial charge in [-0.05, 0) is 46.9 Å². The molecule has 3 aliphatic heterocycles. The van der Waals surface area contributed by atoms with E-state index in [1.165, 1.54) is 0 Å². The normalized spacial score (nSPS) is 24.1. The predicted octanol–water partition coefficient (Wildman–Crippen LogP) is 11.6. The molecule has 3 heterocycles. The Kier molecular flexibility index (Phi) is 14.2. The van der Waals surface area contributed by atoms with Crippen molar-refractivity contribution in [1.82, 2.24) is 0 Å². The standard InChI is InChI=1S/C47H70O10Si3/c1-13-59(14-2,15-3)56-42-41-39(33-53-60(57-41,45(4,5)6)46(7,8)9)55-47(43(42)54-44(48)49-26-27-58(10,11)12)40-36(32-52-47)28-37(50-30-34-22-18-16-19-23-34)29-38(40)51-31-35-24-20-17-21-25-35/h16-25,28-29,39,41-43H,13-15,26-27,30-33H2,1-12H3/t39-,41-,42+,43-,47+/m1/s1. The van der Waals surface area contributed by atoms with Crippen molar-refractivity contribution in [1.29, 1.82) is 0 Å². The van der Waals surface area contributed by atoms with Gasteiger partial charge in [0.15, 0.2) is 14.4 Å². The Bertz CT molecular complexity index is 1860. The van der Waals surface area contributed by atoms with Crippen molar-refractivity contribution in [3.8, 4) is 11.5 Å². The van der Waals surface area contributed by atoms with E-state index >= 15 is 0 Å². The maximum absolute atomic E-state index is 14.2. The summed E-state index contributed by atoms with van der Waals surface area (Å²) in [6, 6.07) is 27.4. The van der Waals surface area contributed by atoms with Crippen molar-refractivity contribution in [3.05, 3.63) is 95.1 Å². The lowest BCUT2D eigenvalue weighted by atomic mass is 9.86. The molecule has 330 valence electrons. The van der Waals surface area contributed by atoms with Crippen LogP contribution in [0.25, 0.3) is 0 Å². The topological polar surface area (TPSA) is 100 Å². The second-order valence-electron chi connectivity index (χ2n) is 19.9. The molecule has 0 aliphatic carbocycles. The molecule has 0 bridgehead atoms. The van der Waals surface area contributed by atoms with E-state index in [2.05, 4.69) is 82.0 Å². The molecule has 0 N–H and O–H groups in total. The van der Waals surface area contributed by atoms with E-state index in [4.69, 9.17) is 41.7 Å². The Labute approximate surface area is 362 Å². The number of carbonyl (C=O) groups excluding carboxylic acids is 1. The van der Waals surface area contributed by atoms with Crippen LogP contribution in [0.3, 0.4) is 0 Å². The van der Waals surface area contributed by atoms with Gasteiger partial charge in [-0.2, -0.15) is 0 Å². The zero-order chi connectivity index (χ0) is 43.6. The molecule has 60 heavy (non-hydrogen) atoms. The largest absolute Gasteiger partial charge is 0.508 e. The summed E-state index contributed by atoms with van der Waals surface area (Å²) in [5, 5.41) is -0.635. The van der Waals surface area contributed by atoms with Gasteiger partial charge in [0.05, 0.1) is 25.4 Å². The number of rotatable bonds is 15. The van der Waals surface area contributed by atoms with E-state index in [0.29, 0.717) is 23.7 Å². The van der Waals surface area contributed by atoms with Gasteiger partial charge in [0.25, 0.3) is 0 Å². The molecule has 6 rings (SSSR count). The van der Waals surface area contributed by atoms with Gasteiger partial charge in [-0.3, -0.25) is 0 Å². The van der Waals surface area contributed by atoms with Crippen LogP contribution in [0.1, 0.15) is 84.6 Å². The molecule has 3 aromatic rings. The minimum absolute atomic E-state index is 0.149. The molecule has 3 aromatic carbocycles. The summed E-state index contributed by atoms with van der Waals surface area (Å²) in [5.41, 5.74) is 3.47. The third-order valence-corrected chi connectivity index (χ3v) is 23.9. The smallest absolute Gasteiger partial charge is 0.489 e. The highest BCUT2D eigenvalue weighted by Crippen LogP contribution is 2.59. The maximum Gasteiger partial charge on any atom is 0.508 e. The summed E-state index contributed by atoms with van der Waals surface area (Å²) in [4.78, 5) is 14.2.